The number of carbonyl (C=O) groups is 1. The average molecular weight is 262 g/mol. The summed E-state index contributed by atoms with van der Waals surface area (Å²) in [5.74, 6) is 0.159. The van der Waals surface area contributed by atoms with Crippen molar-refractivity contribution in [1.82, 2.24) is 0 Å². The van der Waals surface area contributed by atoms with Crippen LogP contribution in [0.3, 0.4) is 0 Å². The number of hydrogen-bond donors (Lipinski definition) is 2. The number of hydrogen-bond acceptors (Lipinski definition) is 3. The highest BCUT2D eigenvalue weighted by atomic mass is 35.5. The number of aromatic hydroxyl groups is 1. The Bertz CT molecular complexity index is 579. The molecule has 0 aliphatic heterocycles. The van der Waals surface area contributed by atoms with Crippen LogP contribution in [0.4, 0.5) is 11.4 Å². The van der Waals surface area contributed by atoms with E-state index in [1.54, 1.807) is 42.5 Å². The van der Waals surface area contributed by atoms with Gasteiger partial charge in [-0.3, -0.25) is 4.79 Å². The maximum absolute atomic E-state index is 11.5. The van der Waals surface area contributed by atoms with Crippen molar-refractivity contribution in [2.24, 2.45) is 0 Å². The summed E-state index contributed by atoms with van der Waals surface area (Å²) in [5, 5.41) is 12.9. The van der Waals surface area contributed by atoms with Gasteiger partial charge in [0, 0.05) is 16.3 Å². The van der Waals surface area contributed by atoms with E-state index in [4.69, 9.17) is 11.6 Å². The second kappa shape index (κ2) is 5.10. The average Bonchev–Trinajstić information content (AvgIpc) is 2.32. The van der Waals surface area contributed by atoms with Gasteiger partial charge in [0.2, 0.25) is 0 Å². The number of phenolic OH excluding ortho intramolecular Hbond substituents is 1. The Hall–Kier alpha value is -2.00. The lowest BCUT2D eigenvalue weighted by Crippen LogP contribution is -2.00. The second-order valence-electron chi connectivity index (χ2n) is 3.92. The SMILES string of the molecule is CC(=O)c1ccc(Cl)cc1Nc1ccc(O)cc1. The normalized spacial score (nSPS) is 10.1. The van der Waals surface area contributed by atoms with Crippen LogP contribution in [-0.4, -0.2) is 10.9 Å². The minimum absolute atomic E-state index is 0.0343. The first kappa shape index (κ1) is 12.5. The van der Waals surface area contributed by atoms with Gasteiger partial charge in [0.1, 0.15) is 5.75 Å². The van der Waals surface area contributed by atoms with Gasteiger partial charge in [0.25, 0.3) is 0 Å². The molecule has 0 saturated carbocycles. The predicted molar refractivity (Wildman–Crippen MR) is 72.8 cm³/mol. The van der Waals surface area contributed by atoms with Gasteiger partial charge in [-0.1, -0.05) is 11.6 Å². The summed E-state index contributed by atoms with van der Waals surface area (Å²) in [5.41, 5.74) is 2.01. The van der Waals surface area contributed by atoms with E-state index in [-0.39, 0.29) is 11.5 Å². The van der Waals surface area contributed by atoms with E-state index in [0.29, 0.717) is 16.3 Å². The quantitative estimate of drug-likeness (QED) is 0.649. The number of ketones is 1. The molecule has 0 aliphatic rings. The van der Waals surface area contributed by atoms with Crippen LogP contribution in [0.15, 0.2) is 42.5 Å². The third kappa shape index (κ3) is 2.81. The van der Waals surface area contributed by atoms with Crippen molar-refractivity contribution < 1.29 is 9.90 Å². The molecule has 0 fully saturated rings. The summed E-state index contributed by atoms with van der Waals surface area (Å²) in [7, 11) is 0. The highest BCUT2D eigenvalue weighted by Gasteiger charge is 2.08. The second-order valence-corrected chi connectivity index (χ2v) is 4.35. The number of nitrogens with one attached hydrogen (secondary N) is 1. The molecule has 2 aromatic rings. The summed E-state index contributed by atoms with van der Waals surface area (Å²) in [4.78, 5) is 11.5. The van der Waals surface area contributed by atoms with Gasteiger partial charge < -0.3 is 10.4 Å². The molecule has 0 unspecified atom stereocenters. The zero-order chi connectivity index (χ0) is 13.1. The molecule has 0 heterocycles. The minimum atomic E-state index is -0.0343. The summed E-state index contributed by atoms with van der Waals surface area (Å²) in [6, 6.07) is 11.7. The molecule has 0 aromatic heterocycles. The van der Waals surface area contributed by atoms with Crippen LogP contribution >= 0.6 is 11.6 Å². The first-order valence-corrected chi connectivity index (χ1v) is 5.80. The Labute approximate surface area is 110 Å². The summed E-state index contributed by atoms with van der Waals surface area (Å²) in [6.45, 7) is 1.51. The van der Waals surface area contributed by atoms with Crippen LogP contribution in [-0.2, 0) is 0 Å². The zero-order valence-electron chi connectivity index (χ0n) is 9.77. The fourth-order valence-electron chi connectivity index (χ4n) is 1.63. The number of anilines is 2. The first-order valence-electron chi connectivity index (χ1n) is 5.43. The Morgan fingerprint density at radius 3 is 2.44 bits per heavy atom. The number of Topliss-reactive ketones (excluding diaryl/α,β-unsaturated/α-hetero) is 1. The summed E-state index contributed by atoms with van der Waals surface area (Å²) < 4.78 is 0. The van der Waals surface area contributed by atoms with Gasteiger partial charge in [-0.2, -0.15) is 0 Å². The fraction of sp³-hybridized carbons (Fsp3) is 0.0714. The van der Waals surface area contributed by atoms with Crippen LogP contribution in [0.25, 0.3) is 0 Å². The lowest BCUT2D eigenvalue weighted by atomic mass is 10.1. The molecule has 0 aliphatic carbocycles. The number of rotatable bonds is 3. The van der Waals surface area contributed by atoms with E-state index in [2.05, 4.69) is 5.32 Å². The molecule has 0 saturated heterocycles. The van der Waals surface area contributed by atoms with E-state index in [1.165, 1.54) is 6.92 Å². The lowest BCUT2D eigenvalue weighted by Gasteiger charge is -2.10. The van der Waals surface area contributed by atoms with E-state index in [1.807, 2.05) is 0 Å². The van der Waals surface area contributed by atoms with E-state index >= 15 is 0 Å². The van der Waals surface area contributed by atoms with Crippen LogP contribution in [0.5, 0.6) is 5.75 Å². The topological polar surface area (TPSA) is 49.3 Å². The van der Waals surface area contributed by atoms with Crippen molar-refractivity contribution in [3.05, 3.63) is 53.1 Å². The van der Waals surface area contributed by atoms with E-state index < -0.39 is 0 Å². The molecule has 92 valence electrons. The molecule has 0 spiro atoms. The molecule has 0 atom stereocenters. The Balaban J connectivity index is 2.35. The van der Waals surface area contributed by atoms with Crippen molar-refractivity contribution in [2.75, 3.05) is 5.32 Å². The van der Waals surface area contributed by atoms with Crippen molar-refractivity contribution in [2.45, 2.75) is 6.92 Å². The lowest BCUT2D eigenvalue weighted by molar-refractivity contribution is 0.101. The van der Waals surface area contributed by atoms with Crippen LogP contribution in [0.2, 0.25) is 5.02 Å². The predicted octanol–water partition coefficient (Wildman–Crippen LogP) is 3.99. The molecular formula is C14H12ClNO2. The molecule has 0 bridgehead atoms. The monoisotopic (exact) mass is 261 g/mol. The standard InChI is InChI=1S/C14H12ClNO2/c1-9(17)13-7-2-10(15)8-14(13)16-11-3-5-12(18)6-4-11/h2-8,16,18H,1H3. The number of carbonyl (C=O) groups excluding carboxylic acids is 1. The smallest absolute Gasteiger partial charge is 0.161 e. The number of benzene rings is 2. The number of phenols is 1. The molecule has 18 heavy (non-hydrogen) atoms. The van der Waals surface area contributed by atoms with Crippen molar-refractivity contribution in [3.8, 4) is 5.75 Å². The van der Waals surface area contributed by atoms with Crippen molar-refractivity contribution >= 4 is 28.8 Å². The minimum Gasteiger partial charge on any atom is -0.508 e. The van der Waals surface area contributed by atoms with Gasteiger partial charge in [0.15, 0.2) is 5.78 Å². The highest BCUT2D eigenvalue weighted by Crippen LogP contribution is 2.26. The van der Waals surface area contributed by atoms with Crippen molar-refractivity contribution in [1.29, 1.82) is 0 Å². The molecule has 2 aromatic carbocycles. The maximum Gasteiger partial charge on any atom is 0.161 e. The molecule has 0 radical (unpaired) electrons. The zero-order valence-corrected chi connectivity index (χ0v) is 10.5. The maximum atomic E-state index is 11.5. The van der Waals surface area contributed by atoms with Crippen LogP contribution in [0, 0.1) is 0 Å². The van der Waals surface area contributed by atoms with Crippen LogP contribution < -0.4 is 5.32 Å². The largest absolute Gasteiger partial charge is 0.508 e. The third-order valence-electron chi connectivity index (χ3n) is 2.51. The molecule has 2 N–H and O–H groups in total. The Morgan fingerprint density at radius 2 is 1.83 bits per heavy atom. The van der Waals surface area contributed by atoms with Gasteiger partial charge in [-0.15, -0.1) is 0 Å². The fourth-order valence-corrected chi connectivity index (χ4v) is 1.80. The molecule has 2 rings (SSSR count). The Kier molecular flexibility index (Phi) is 3.53. The highest BCUT2D eigenvalue weighted by molar-refractivity contribution is 6.31. The summed E-state index contributed by atoms with van der Waals surface area (Å²) >= 11 is 5.92. The molecule has 4 heteroatoms. The van der Waals surface area contributed by atoms with Gasteiger partial charge in [-0.05, 0) is 49.4 Å². The Morgan fingerprint density at radius 1 is 1.17 bits per heavy atom. The number of halogens is 1. The molecule has 0 amide bonds. The first-order chi connectivity index (χ1) is 8.56. The molecule has 3 nitrogen and oxygen atoms in total. The van der Waals surface area contributed by atoms with Crippen LogP contribution in [0.1, 0.15) is 17.3 Å². The van der Waals surface area contributed by atoms with Gasteiger partial charge >= 0.3 is 0 Å². The molecular weight excluding hydrogens is 250 g/mol. The third-order valence-corrected chi connectivity index (χ3v) is 2.74. The van der Waals surface area contributed by atoms with Crippen molar-refractivity contribution in [3.63, 3.8) is 0 Å². The summed E-state index contributed by atoms with van der Waals surface area (Å²) in [6.07, 6.45) is 0. The van der Waals surface area contributed by atoms with Gasteiger partial charge in [0.05, 0.1) is 5.69 Å². The van der Waals surface area contributed by atoms with Gasteiger partial charge in [-0.25, -0.2) is 0 Å². The van der Waals surface area contributed by atoms with E-state index in [9.17, 15) is 9.90 Å². The van der Waals surface area contributed by atoms with E-state index in [0.717, 1.165) is 5.69 Å².